The van der Waals surface area contributed by atoms with Gasteiger partial charge in [-0.3, -0.25) is 14.5 Å². The number of pyridine rings is 1. The lowest BCUT2D eigenvalue weighted by atomic mass is 10.2. The van der Waals surface area contributed by atoms with Crippen LogP contribution in [0.3, 0.4) is 0 Å². The molecule has 0 fully saturated rings. The summed E-state index contributed by atoms with van der Waals surface area (Å²) in [5.74, 6) is 0.577. The first-order chi connectivity index (χ1) is 9.02. The predicted octanol–water partition coefficient (Wildman–Crippen LogP) is 2.25. The number of aryl methyl sites for hydroxylation is 3. The minimum Gasteiger partial charge on any atom is -0.307 e. The van der Waals surface area contributed by atoms with E-state index in [9.17, 15) is 4.79 Å². The van der Waals surface area contributed by atoms with Crippen LogP contribution in [-0.4, -0.2) is 20.7 Å². The van der Waals surface area contributed by atoms with Crippen molar-refractivity contribution in [2.75, 3.05) is 5.32 Å². The number of anilines is 1. The summed E-state index contributed by atoms with van der Waals surface area (Å²) < 4.78 is 1.70. The Morgan fingerprint density at radius 2 is 2.11 bits per heavy atom. The summed E-state index contributed by atoms with van der Waals surface area (Å²) in [6.45, 7) is 5.93. The van der Waals surface area contributed by atoms with E-state index in [0.29, 0.717) is 5.56 Å². The molecule has 0 aliphatic rings. The van der Waals surface area contributed by atoms with Crippen molar-refractivity contribution >= 4 is 11.7 Å². The Morgan fingerprint density at radius 3 is 2.68 bits per heavy atom. The highest BCUT2D eigenvalue weighted by Crippen LogP contribution is 2.19. The highest BCUT2D eigenvalue weighted by molar-refractivity contribution is 6.04. The van der Waals surface area contributed by atoms with Crippen molar-refractivity contribution in [3.8, 4) is 0 Å². The Kier molecular flexibility index (Phi) is 3.64. The van der Waals surface area contributed by atoms with Gasteiger partial charge in [0.2, 0.25) is 0 Å². The second-order valence-corrected chi connectivity index (χ2v) is 4.60. The lowest BCUT2D eigenvalue weighted by molar-refractivity contribution is 0.102. The maximum Gasteiger partial charge on any atom is 0.258 e. The summed E-state index contributed by atoms with van der Waals surface area (Å²) in [6, 6.07) is 1.81. The van der Waals surface area contributed by atoms with Crippen LogP contribution in [0.1, 0.15) is 34.1 Å². The largest absolute Gasteiger partial charge is 0.307 e. The minimum absolute atomic E-state index is 0.162. The molecule has 0 radical (unpaired) electrons. The molecule has 0 aromatic carbocycles. The molecule has 100 valence electrons. The summed E-state index contributed by atoms with van der Waals surface area (Å²) in [4.78, 5) is 16.2. The van der Waals surface area contributed by atoms with Gasteiger partial charge < -0.3 is 5.32 Å². The molecule has 0 bridgehead atoms. The van der Waals surface area contributed by atoms with Crippen molar-refractivity contribution in [2.24, 2.45) is 7.05 Å². The minimum atomic E-state index is -0.162. The molecule has 0 saturated carbocycles. The van der Waals surface area contributed by atoms with Gasteiger partial charge in [-0.1, -0.05) is 6.92 Å². The molecule has 19 heavy (non-hydrogen) atoms. The first kappa shape index (κ1) is 13.3. The van der Waals surface area contributed by atoms with Crippen LogP contribution in [0.25, 0.3) is 0 Å². The molecule has 2 heterocycles. The van der Waals surface area contributed by atoms with E-state index in [2.05, 4.69) is 15.4 Å². The van der Waals surface area contributed by atoms with Crippen LogP contribution in [0.5, 0.6) is 0 Å². The zero-order chi connectivity index (χ0) is 14.0. The smallest absolute Gasteiger partial charge is 0.258 e. The lowest BCUT2D eigenvalue weighted by Crippen LogP contribution is -2.15. The van der Waals surface area contributed by atoms with E-state index in [4.69, 9.17) is 0 Å². The number of nitrogens with one attached hydrogen (secondary N) is 1. The third-order valence-electron chi connectivity index (χ3n) is 3.09. The van der Waals surface area contributed by atoms with Gasteiger partial charge in [-0.2, -0.15) is 5.10 Å². The average molecular weight is 258 g/mol. The van der Waals surface area contributed by atoms with E-state index in [1.807, 2.05) is 33.9 Å². The molecule has 0 spiro atoms. The highest BCUT2D eigenvalue weighted by atomic mass is 16.1. The fourth-order valence-corrected chi connectivity index (χ4v) is 2.05. The molecule has 5 nitrogen and oxygen atoms in total. The number of carbonyl (C=O) groups is 1. The average Bonchev–Trinajstić information content (AvgIpc) is 2.66. The molecule has 0 aliphatic carbocycles. The quantitative estimate of drug-likeness (QED) is 0.918. The zero-order valence-electron chi connectivity index (χ0n) is 11.7. The molecule has 2 rings (SSSR count). The lowest BCUT2D eigenvalue weighted by Gasteiger charge is -2.07. The van der Waals surface area contributed by atoms with E-state index in [1.165, 1.54) is 0 Å². The van der Waals surface area contributed by atoms with Crippen LogP contribution >= 0.6 is 0 Å². The molecule has 0 atom stereocenters. The van der Waals surface area contributed by atoms with E-state index in [-0.39, 0.29) is 5.91 Å². The van der Waals surface area contributed by atoms with Crippen LogP contribution in [0.15, 0.2) is 18.5 Å². The van der Waals surface area contributed by atoms with Crippen molar-refractivity contribution in [1.29, 1.82) is 0 Å². The van der Waals surface area contributed by atoms with Crippen molar-refractivity contribution in [2.45, 2.75) is 27.2 Å². The van der Waals surface area contributed by atoms with E-state index in [1.54, 1.807) is 17.1 Å². The van der Waals surface area contributed by atoms with Gasteiger partial charge in [0.15, 0.2) is 0 Å². The van der Waals surface area contributed by atoms with Gasteiger partial charge in [-0.15, -0.1) is 0 Å². The number of hydrogen-bond donors (Lipinski definition) is 1. The first-order valence-electron chi connectivity index (χ1n) is 6.28. The number of rotatable bonds is 3. The van der Waals surface area contributed by atoms with Crippen LogP contribution in [-0.2, 0) is 13.5 Å². The number of amides is 1. The van der Waals surface area contributed by atoms with E-state index >= 15 is 0 Å². The normalized spacial score (nSPS) is 10.5. The van der Waals surface area contributed by atoms with E-state index < -0.39 is 0 Å². The van der Waals surface area contributed by atoms with Gasteiger partial charge in [-0.05, 0) is 31.9 Å². The monoisotopic (exact) mass is 258 g/mol. The summed E-state index contributed by atoms with van der Waals surface area (Å²) in [6.07, 6.45) is 4.14. The van der Waals surface area contributed by atoms with Crippen molar-refractivity contribution in [3.63, 3.8) is 0 Å². The molecule has 0 unspecified atom stereocenters. The predicted molar refractivity (Wildman–Crippen MR) is 74.3 cm³/mol. The molecular formula is C14H18N4O. The molecule has 0 saturated heterocycles. The Labute approximate surface area is 112 Å². The fraction of sp³-hybridized carbons (Fsp3) is 0.357. The zero-order valence-corrected chi connectivity index (χ0v) is 11.7. The Hall–Kier alpha value is -2.17. The van der Waals surface area contributed by atoms with Gasteiger partial charge in [0.25, 0.3) is 5.91 Å². The maximum atomic E-state index is 12.2. The summed E-state index contributed by atoms with van der Waals surface area (Å²) in [7, 11) is 1.83. The molecular weight excluding hydrogens is 240 g/mol. The summed E-state index contributed by atoms with van der Waals surface area (Å²) >= 11 is 0. The van der Waals surface area contributed by atoms with E-state index in [0.717, 1.165) is 29.1 Å². The maximum absolute atomic E-state index is 12.2. The molecule has 5 heteroatoms. The van der Waals surface area contributed by atoms with Gasteiger partial charge in [0.05, 0.1) is 11.3 Å². The molecule has 2 aromatic heterocycles. The SMILES string of the molecule is CCc1nn(C)c(NC(=O)c2cncc(C)c2)c1C. The number of hydrogen-bond acceptors (Lipinski definition) is 3. The van der Waals surface area contributed by atoms with Gasteiger partial charge in [0.1, 0.15) is 5.82 Å². The van der Waals surface area contributed by atoms with Gasteiger partial charge in [0, 0.05) is 25.0 Å². The standard InChI is InChI=1S/C14H18N4O/c1-5-12-10(3)13(18(4)17-12)16-14(19)11-6-9(2)7-15-8-11/h6-8H,5H2,1-4H3,(H,16,19). The Bertz CT molecular complexity index is 616. The molecule has 2 aromatic rings. The Balaban J connectivity index is 2.27. The topological polar surface area (TPSA) is 59.8 Å². The van der Waals surface area contributed by atoms with Crippen molar-refractivity contribution < 1.29 is 4.79 Å². The second kappa shape index (κ2) is 5.22. The van der Waals surface area contributed by atoms with Crippen LogP contribution in [0.4, 0.5) is 5.82 Å². The Morgan fingerprint density at radius 1 is 1.37 bits per heavy atom. The second-order valence-electron chi connectivity index (χ2n) is 4.60. The fourth-order valence-electron chi connectivity index (χ4n) is 2.05. The number of nitrogens with zero attached hydrogens (tertiary/aromatic N) is 3. The van der Waals surface area contributed by atoms with Crippen LogP contribution in [0.2, 0.25) is 0 Å². The third kappa shape index (κ3) is 2.65. The summed E-state index contributed by atoms with van der Waals surface area (Å²) in [5, 5.41) is 7.28. The molecule has 1 N–H and O–H groups in total. The molecule has 0 aliphatic heterocycles. The van der Waals surface area contributed by atoms with Gasteiger partial charge >= 0.3 is 0 Å². The van der Waals surface area contributed by atoms with Crippen LogP contribution in [0, 0.1) is 13.8 Å². The highest BCUT2D eigenvalue weighted by Gasteiger charge is 2.14. The number of carbonyl (C=O) groups excluding carboxylic acids is 1. The number of aromatic nitrogens is 3. The van der Waals surface area contributed by atoms with Crippen molar-refractivity contribution in [1.82, 2.24) is 14.8 Å². The summed E-state index contributed by atoms with van der Waals surface area (Å²) in [5.41, 5.74) is 3.53. The first-order valence-corrected chi connectivity index (χ1v) is 6.28. The van der Waals surface area contributed by atoms with Crippen molar-refractivity contribution in [3.05, 3.63) is 40.8 Å². The van der Waals surface area contributed by atoms with Crippen LogP contribution < -0.4 is 5.32 Å². The third-order valence-corrected chi connectivity index (χ3v) is 3.09. The van der Waals surface area contributed by atoms with Gasteiger partial charge in [-0.25, -0.2) is 0 Å². The molecule has 1 amide bonds.